The first-order chi connectivity index (χ1) is 12.5. The first-order valence-electron chi connectivity index (χ1n) is 7.57. The summed E-state index contributed by atoms with van der Waals surface area (Å²) in [5.41, 5.74) is 1.31. The summed E-state index contributed by atoms with van der Waals surface area (Å²) in [6.07, 6.45) is 1.32. The van der Waals surface area contributed by atoms with Crippen molar-refractivity contribution >= 4 is 54.5 Å². The predicted octanol–water partition coefficient (Wildman–Crippen LogP) is 4.51. The summed E-state index contributed by atoms with van der Waals surface area (Å²) in [5.74, 6) is 0. The van der Waals surface area contributed by atoms with E-state index in [9.17, 15) is 20.2 Å². The molecule has 0 atom stereocenters. The number of nitro groups is 2. The molecule has 0 radical (unpaired) electrons. The number of hydrogen-bond donors (Lipinski definition) is 0. The van der Waals surface area contributed by atoms with Gasteiger partial charge in [0.15, 0.2) is 0 Å². The Hall–Kier alpha value is -2.98. The van der Waals surface area contributed by atoms with E-state index in [1.54, 1.807) is 12.1 Å². The highest BCUT2D eigenvalue weighted by molar-refractivity contribution is 7.19. The summed E-state index contributed by atoms with van der Waals surface area (Å²) in [7, 11) is 0. The molecule has 2 aromatic carbocycles. The van der Waals surface area contributed by atoms with Crippen molar-refractivity contribution in [3.63, 3.8) is 0 Å². The van der Waals surface area contributed by atoms with Crippen molar-refractivity contribution in [3.05, 3.63) is 66.6 Å². The minimum Gasteiger partial charge on any atom is -0.258 e. The molecule has 2 aromatic heterocycles. The van der Waals surface area contributed by atoms with Crippen LogP contribution in [0.25, 0.3) is 20.4 Å². The summed E-state index contributed by atoms with van der Waals surface area (Å²) in [6.45, 7) is 0. The molecular weight excluding hydrogens is 376 g/mol. The van der Waals surface area contributed by atoms with Crippen LogP contribution >= 0.6 is 22.7 Å². The minimum absolute atomic E-state index is 0.0297. The Morgan fingerprint density at radius 3 is 1.58 bits per heavy atom. The molecule has 2 heterocycles. The SMILES string of the molecule is O=[N+]([O-])c1ccc2sc(CCc3nc4cc([N+](=O)[O-])ccc4s3)nc2c1. The molecule has 130 valence electrons. The lowest BCUT2D eigenvalue weighted by atomic mass is 10.3. The average Bonchev–Trinajstić information content (AvgIpc) is 3.21. The first kappa shape index (κ1) is 16.5. The number of aryl methyl sites for hydroxylation is 2. The van der Waals surface area contributed by atoms with E-state index in [4.69, 9.17) is 0 Å². The van der Waals surface area contributed by atoms with Crippen LogP contribution < -0.4 is 0 Å². The lowest BCUT2D eigenvalue weighted by Gasteiger charge is -1.91. The van der Waals surface area contributed by atoms with Crippen LogP contribution in [0.3, 0.4) is 0 Å². The van der Waals surface area contributed by atoms with Gasteiger partial charge < -0.3 is 0 Å². The van der Waals surface area contributed by atoms with Crippen molar-refractivity contribution < 1.29 is 9.85 Å². The van der Waals surface area contributed by atoms with E-state index < -0.39 is 9.85 Å². The lowest BCUT2D eigenvalue weighted by Crippen LogP contribution is -1.90. The van der Waals surface area contributed by atoms with Gasteiger partial charge in [0.1, 0.15) is 0 Å². The van der Waals surface area contributed by atoms with Crippen LogP contribution in [-0.4, -0.2) is 19.8 Å². The highest BCUT2D eigenvalue weighted by Gasteiger charge is 2.13. The van der Waals surface area contributed by atoms with Gasteiger partial charge >= 0.3 is 0 Å². The van der Waals surface area contributed by atoms with E-state index in [2.05, 4.69) is 9.97 Å². The third-order valence-corrected chi connectivity index (χ3v) is 6.00. The van der Waals surface area contributed by atoms with E-state index in [1.807, 2.05) is 0 Å². The van der Waals surface area contributed by atoms with Crippen LogP contribution in [0.5, 0.6) is 0 Å². The summed E-state index contributed by atoms with van der Waals surface area (Å²) in [6, 6.07) is 9.34. The standard InChI is InChI=1S/C16H10N4O4S2/c21-19(22)9-1-3-13-11(7-9)17-15(25-13)5-6-16-18-12-8-10(20(23)24)2-4-14(12)26-16/h1-4,7-8H,5-6H2. The fraction of sp³-hybridized carbons (Fsp3) is 0.125. The van der Waals surface area contributed by atoms with Gasteiger partial charge in [-0.2, -0.15) is 0 Å². The number of nitro benzene ring substituents is 2. The molecule has 10 heteroatoms. The molecule has 0 fully saturated rings. The molecule has 0 aliphatic heterocycles. The molecule has 0 aliphatic carbocycles. The Balaban J connectivity index is 1.54. The van der Waals surface area contributed by atoms with Gasteiger partial charge in [0.2, 0.25) is 0 Å². The molecule has 0 saturated heterocycles. The van der Waals surface area contributed by atoms with Gasteiger partial charge in [0.25, 0.3) is 11.4 Å². The van der Waals surface area contributed by atoms with Gasteiger partial charge in [0, 0.05) is 37.1 Å². The second-order valence-electron chi connectivity index (χ2n) is 5.53. The molecule has 0 amide bonds. The number of rotatable bonds is 5. The molecule has 0 unspecified atom stereocenters. The van der Waals surface area contributed by atoms with Crippen molar-refractivity contribution in [1.82, 2.24) is 9.97 Å². The van der Waals surface area contributed by atoms with E-state index in [1.165, 1.54) is 46.9 Å². The first-order valence-corrected chi connectivity index (χ1v) is 9.20. The van der Waals surface area contributed by atoms with Gasteiger partial charge in [-0.3, -0.25) is 20.2 Å². The number of benzene rings is 2. The molecule has 8 nitrogen and oxygen atoms in total. The highest BCUT2D eigenvalue weighted by atomic mass is 32.1. The number of fused-ring (bicyclic) bond motifs is 2. The number of hydrogen-bond acceptors (Lipinski definition) is 8. The Kier molecular flexibility index (Phi) is 4.05. The zero-order chi connectivity index (χ0) is 18.3. The Bertz CT molecular complexity index is 1080. The second-order valence-corrected chi connectivity index (χ2v) is 7.76. The highest BCUT2D eigenvalue weighted by Crippen LogP contribution is 2.29. The summed E-state index contributed by atoms with van der Waals surface area (Å²) in [4.78, 5) is 29.8. The average molecular weight is 386 g/mol. The van der Waals surface area contributed by atoms with Crippen LogP contribution in [-0.2, 0) is 12.8 Å². The maximum absolute atomic E-state index is 10.8. The zero-order valence-corrected chi connectivity index (χ0v) is 14.7. The van der Waals surface area contributed by atoms with Gasteiger partial charge in [-0.25, -0.2) is 9.97 Å². The Labute approximate surface area is 154 Å². The van der Waals surface area contributed by atoms with Gasteiger partial charge in [0.05, 0.1) is 40.3 Å². The van der Waals surface area contributed by atoms with Crippen molar-refractivity contribution in [2.45, 2.75) is 12.8 Å². The molecule has 26 heavy (non-hydrogen) atoms. The second kappa shape index (κ2) is 6.39. The Morgan fingerprint density at radius 1 is 0.769 bits per heavy atom. The molecule has 0 N–H and O–H groups in total. The lowest BCUT2D eigenvalue weighted by molar-refractivity contribution is -0.384. The van der Waals surface area contributed by atoms with Crippen molar-refractivity contribution in [3.8, 4) is 0 Å². The van der Waals surface area contributed by atoms with Crippen molar-refractivity contribution in [2.24, 2.45) is 0 Å². The number of thiazole rings is 2. The van der Waals surface area contributed by atoms with Crippen LogP contribution in [0, 0.1) is 20.2 Å². The fourth-order valence-electron chi connectivity index (χ4n) is 2.58. The largest absolute Gasteiger partial charge is 0.271 e. The summed E-state index contributed by atoms with van der Waals surface area (Å²) >= 11 is 3.01. The molecule has 0 bridgehead atoms. The fourth-order valence-corrected chi connectivity index (χ4v) is 4.48. The topological polar surface area (TPSA) is 112 Å². The zero-order valence-electron chi connectivity index (χ0n) is 13.1. The Morgan fingerprint density at radius 2 is 1.19 bits per heavy atom. The van der Waals surface area contributed by atoms with Gasteiger partial charge in [-0.1, -0.05) is 0 Å². The third-order valence-electron chi connectivity index (χ3n) is 3.81. The molecule has 4 rings (SSSR count). The maximum atomic E-state index is 10.8. The van der Waals surface area contributed by atoms with Crippen molar-refractivity contribution in [1.29, 1.82) is 0 Å². The van der Waals surface area contributed by atoms with E-state index in [0.717, 1.165) is 19.4 Å². The van der Waals surface area contributed by atoms with E-state index >= 15 is 0 Å². The summed E-state index contributed by atoms with van der Waals surface area (Å²) < 4.78 is 1.82. The van der Waals surface area contributed by atoms with Gasteiger partial charge in [-0.15, -0.1) is 22.7 Å². The quantitative estimate of drug-likeness (QED) is 0.368. The maximum Gasteiger partial charge on any atom is 0.271 e. The molecule has 0 saturated carbocycles. The van der Waals surface area contributed by atoms with Crippen LogP contribution in [0.15, 0.2) is 36.4 Å². The van der Waals surface area contributed by atoms with Crippen LogP contribution in [0.4, 0.5) is 11.4 Å². The van der Waals surface area contributed by atoms with Crippen molar-refractivity contribution in [2.75, 3.05) is 0 Å². The monoisotopic (exact) mass is 386 g/mol. The molecule has 4 aromatic rings. The third kappa shape index (κ3) is 3.11. The molecular formula is C16H10N4O4S2. The number of aromatic nitrogens is 2. The van der Waals surface area contributed by atoms with E-state index in [0.29, 0.717) is 23.9 Å². The molecule has 0 aliphatic rings. The number of non-ortho nitro benzene ring substituents is 2. The molecule has 0 spiro atoms. The van der Waals surface area contributed by atoms with Crippen LogP contribution in [0.2, 0.25) is 0 Å². The normalized spacial score (nSPS) is 11.2. The minimum atomic E-state index is -0.432. The van der Waals surface area contributed by atoms with E-state index in [-0.39, 0.29) is 11.4 Å². The predicted molar refractivity (Wildman–Crippen MR) is 100.0 cm³/mol. The smallest absolute Gasteiger partial charge is 0.258 e. The summed E-state index contributed by atoms with van der Waals surface area (Å²) in [5, 5.41) is 23.5. The van der Waals surface area contributed by atoms with Crippen LogP contribution in [0.1, 0.15) is 10.0 Å². The number of nitrogens with zero attached hydrogens (tertiary/aromatic N) is 4. The van der Waals surface area contributed by atoms with Gasteiger partial charge in [-0.05, 0) is 12.1 Å².